The van der Waals surface area contributed by atoms with Crippen molar-refractivity contribution in [2.45, 2.75) is 11.8 Å². The van der Waals surface area contributed by atoms with Gasteiger partial charge < -0.3 is 9.52 Å². The summed E-state index contributed by atoms with van der Waals surface area (Å²) in [5.74, 6) is -2.72. The molecule has 0 aliphatic carbocycles. The molecule has 0 bridgehead atoms. The first-order valence-electron chi connectivity index (χ1n) is 5.38. The van der Waals surface area contributed by atoms with Crippen LogP contribution in [-0.4, -0.2) is 24.5 Å². The number of aromatic carboxylic acids is 1. The Hall–Kier alpha value is -2.13. The number of nitrogens with one attached hydrogen (secondary N) is 1. The Morgan fingerprint density at radius 1 is 1.48 bits per heavy atom. The molecule has 1 aromatic heterocycles. The first-order chi connectivity index (χ1) is 9.70. The number of nitrogens with zero attached hydrogens (tertiary/aromatic N) is 1. The van der Waals surface area contributed by atoms with Gasteiger partial charge >= 0.3 is 12.0 Å². The van der Waals surface area contributed by atoms with E-state index >= 15 is 0 Å². The Bertz CT molecular complexity index is 818. The van der Waals surface area contributed by atoms with E-state index in [-0.39, 0.29) is 6.01 Å². The van der Waals surface area contributed by atoms with Crippen molar-refractivity contribution in [2.75, 3.05) is 4.72 Å². The summed E-state index contributed by atoms with van der Waals surface area (Å²) in [6.07, 6.45) is 1.21. The number of aromatic nitrogens is 1. The van der Waals surface area contributed by atoms with Crippen LogP contribution in [0.4, 0.5) is 10.4 Å². The van der Waals surface area contributed by atoms with Gasteiger partial charge in [-0.2, -0.15) is 4.98 Å². The molecule has 0 aliphatic rings. The maximum absolute atomic E-state index is 13.5. The Morgan fingerprint density at radius 2 is 2.14 bits per heavy atom. The maximum atomic E-state index is 13.5. The number of benzene rings is 1. The molecule has 21 heavy (non-hydrogen) atoms. The highest BCUT2D eigenvalue weighted by molar-refractivity contribution is 7.92. The van der Waals surface area contributed by atoms with Crippen LogP contribution in [0.5, 0.6) is 0 Å². The topological polar surface area (TPSA) is 110 Å². The average Bonchev–Trinajstić information content (AvgIpc) is 2.76. The fourth-order valence-electron chi connectivity index (χ4n) is 1.45. The van der Waals surface area contributed by atoms with Gasteiger partial charge in [-0.05, 0) is 19.1 Å². The third kappa shape index (κ3) is 3.14. The van der Waals surface area contributed by atoms with Crippen LogP contribution in [0, 0.1) is 12.7 Å². The van der Waals surface area contributed by atoms with Crippen molar-refractivity contribution in [3.63, 3.8) is 0 Å². The predicted octanol–water partition coefficient (Wildman–Crippen LogP) is 2.27. The zero-order chi connectivity index (χ0) is 15.8. The van der Waals surface area contributed by atoms with Crippen LogP contribution in [0.3, 0.4) is 0 Å². The summed E-state index contributed by atoms with van der Waals surface area (Å²) in [6, 6.07) is 1.03. The quantitative estimate of drug-likeness (QED) is 0.887. The molecule has 0 fully saturated rings. The normalized spacial score (nSPS) is 11.4. The Kier molecular flexibility index (Phi) is 3.88. The molecule has 1 aromatic carbocycles. The lowest BCUT2D eigenvalue weighted by Gasteiger charge is -2.07. The molecule has 112 valence electrons. The summed E-state index contributed by atoms with van der Waals surface area (Å²) >= 11 is 5.47. The lowest BCUT2D eigenvalue weighted by Crippen LogP contribution is -2.15. The first kappa shape index (κ1) is 15.3. The largest absolute Gasteiger partial charge is 0.478 e. The summed E-state index contributed by atoms with van der Waals surface area (Å²) in [5, 5.41) is 8.20. The van der Waals surface area contributed by atoms with Crippen LogP contribution in [0.2, 0.25) is 5.02 Å². The van der Waals surface area contributed by atoms with E-state index in [0.717, 1.165) is 6.07 Å². The number of anilines is 1. The Labute approximate surface area is 123 Å². The van der Waals surface area contributed by atoms with Crippen molar-refractivity contribution in [3.8, 4) is 0 Å². The summed E-state index contributed by atoms with van der Waals surface area (Å²) < 4.78 is 44.4. The lowest BCUT2D eigenvalue weighted by molar-refractivity contribution is 0.0696. The molecule has 2 aromatic rings. The number of hydrogen-bond donors (Lipinski definition) is 2. The van der Waals surface area contributed by atoms with Crippen molar-refractivity contribution < 1.29 is 27.1 Å². The van der Waals surface area contributed by atoms with Crippen LogP contribution in [-0.2, 0) is 10.0 Å². The van der Waals surface area contributed by atoms with Gasteiger partial charge in [0.25, 0.3) is 10.0 Å². The molecule has 2 N–H and O–H groups in total. The van der Waals surface area contributed by atoms with E-state index < -0.39 is 37.3 Å². The molecule has 1 heterocycles. The minimum atomic E-state index is -4.26. The number of carboxylic acid groups (broad SMARTS) is 1. The minimum Gasteiger partial charge on any atom is -0.478 e. The van der Waals surface area contributed by atoms with Gasteiger partial charge in [0.1, 0.15) is 12.1 Å². The van der Waals surface area contributed by atoms with Crippen LogP contribution in [0.1, 0.15) is 16.1 Å². The van der Waals surface area contributed by atoms with E-state index in [4.69, 9.17) is 21.1 Å². The molecule has 7 nitrogen and oxygen atoms in total. The van der Waals surface area contributed by atoms with Crippen molar-refractivity contribution in [2.24, 2.45) is 0 Å². The van der Waals surface area contributed by atoms with Gasteiger partial charge in [0, 0.05) is 0 Å². The van der Waals surface area contributed by atoms with Crippen molar-refractivity contribution in [3.05, 3.63) is 40.5 Å². The standard InChI is InChI=1S/C11H8ClFN2O5S/c1-5-4-20-11(14-5)15-21(18,19)6-2-7(10(16)17)9(12)8(13)3-6/h2-4H,1H3,(H,14,15)(H,16,17). The molecule has 0 amide bonds. The second kappa shape index (κ2) is 5.34. The Balaban J connectivity index is 2.47. The molecule has 2 rings (SSSR count). The van der Waals surface area contributed by atoms with Crippen molar-refractivity contribution in [1.29, 1.82) is 0 Å². The minimum absolute atomic E-state index is 0.320. The summed E-state index contributed by atoms with van der Waals surface area (Å²) in [7, 11) is -4.26. The Morgan fingerprint density at radius 3 is 2.67 bits per heavy atom. The molecule has 0 radical (unpaired) electrons. The maximum Gasteiger partial charge on any atom is 0.337 e. The van der Waals surface area contributed by atoms with E-state index in [1.54, 1.807) is 6.92 Å². The molecule has 0 aliphatic heterocycles. The van der Waals surface area contributed by atoms with Crippen molar-refractivity contribution >= 4 is 33.6 Å². The number of rotatable bonds is 4. The molecule has 0 saturated carbocycles. The van der Waals surface area contributed by atoms with E-state index in [0.29, 0.717) is 11.8 Å². The highest BCUT2D eigenvalue weighted by Crippen LogP contribution is 2.25. The molecular weight excluding hydrogens is 327 g/mol. The van der Waals surface area contributed by atoms with Gasteiger partial charge in [-0.15, -0.1) is 0 Å². The molecule has 0 spiro atoms. The molecule has 0 saturated heterocycles. The van der Waals surface area contributed by atoms with Crippen molar-refractivity contribution in [1.82, 2.24) is 4.98 Å². The highest BCUT2D eigenvalue weighted by atomic mass is 35.5. The number of carbonyl (C=O) groups is 1. The van der Waals surface area contributed by atoms with Gasteiger partial charge in [-0.25, -0.2) is 22.3 Å². The van der Waals surface area contributed by atoms with Crippen LogP contribution in [0.25, 0.3) is 0 Å². The van der Waals surface area contributed by atoms with E-state index in [2.05, 4.69) is 4.98 Å². The van der Waals surface area contributed by atoms with Gasteiger partial charge in [-0.1, -0.05) is 11.6 Å². The smallest absolute Gasteiger partial charge is 0.337 e. The third-order valence-electron chi connectivity index (χ3n) is 2.38. The van der Waals surface area contributed by atoms with E-state index in [9.17, 15) is 17.6 Å². The molecule has 0 unspecified atom stereocenters. The zero-order valence-electron chi connectivity index (χ0n) is 10.4. The van der Waals surface area contributed by atoms with E-state index in [1.807, 2.05) is 4.72 Å². The van der Waals surface area contributed by atoms with Gasteiger partial charge in [0.2, 0.25) is 0 Å². The third-order valence-corrected chi connectivity index (χ3v) is 4.07. The monoisotopic (exact) mass is 334 g/mol. The zero-order valence-corrected chi connectivity index (χ0v) is 12.0. The second-order valence-corrected chi connectivity index (χ2v) is 6.03. The van der Waals surface area contributed by atoms with Crippen LogP contribution in [0.15, 0.2) is 27.7 Å². The molecule has 0 atom stereocenters. The highest BCUT2D eigenvalue weighted by Gasteiger charge is 2.23. The SMILES string of the molecule is Cc1coc(NS(=O)(=O)c2cc(F)c(Cl)c(C(=O)O)c2)n1. The average molecular weight is 335 g/mol. The molecular formula is C11H8ClFN2O5S. The number of halogens is 2. The summed E-state index contributed by atoms with van der Waals surface area (Å²) in [6.45, 7) is 1.58. The number of hydrogen-bond acceptors (Lipinski definition) is 5. The van der Waals surface area contributed by atoms with Crippen LogP contribution >= 0.6 is 11.6 Å². The van der Waals surface area contributed by atoms with E-state index in [1.165, 1.54) is 6.26 Å². The summed E-state index contributed by atoms with van der Waals surface area (Å²) in [5.41, 5.74) is -0.234. The number of sulfonamides is 1. The fourth-order valence-corrected chi connectivity index (χ4v) is 2.61. The van der Waals surface area contributed by atoms with Gasteiger partial charge in [0.15, 0.2) is 0 Å². The van der Waals surface area contributed by atoms with Gasteiger partial charge in [-0.3, -0.25) is 0 Å². The number of aryl methyl sites for hydroxylation is 1. The lowest BCUT2D eigenvalue weighted by atomic mass is 10.2. The molecule has 10 heteroatoms. The number of carboxylic acids is 1. The summed E-state index contributed by atoms with van der Waals surface area (Å²) in [4.78, 5) is 14.0. The predicted molar refractivity (Wildman–Crippen MR) is 70.4 cm³/mol. The first-order valence-corrected chi connectivity index (χ1v) is 7.24. The second-order valence-electron chi connectivity index (χ2n) is 3.97. The number of oxazole rings is 1. The fraction of sp³-hybridized carbons (Fsp3) is 0.0909. The van der Waals surface area contributed by atoms with Crippen LogP contribution < -0.4 is 4.72 Å². The van der Waals surface area contributed by atoms with Gasteiger partial charge in [0.05, 0.1) is 21.2 Å².